The Balaban J connectivity index is 1.78. The number of hydrogen-bond donors (Lipinski definition) is 1. The van der Waals surface area contributed by atoms with Crippen LogP contribution in [0, 0.1) is 5.82 Å². The molecule has 30 heavy (non-hydrogen) atoms. The van der Waals surface area contributed by atoms with Crippen molar-refractivity contribution in [2.75, 3.05) is 13.2 Å². The second-order valence-electron chi connectivity index (χ2n) is 6.98. The lowest BCUT2D eigenvalue weighted by molar-refractivity contribution is -0.142. The second-order valence-corrected chi connectivity index (χ2v) is 6.98. The number of amides is 2. The van der Waals surface area contributed by atoms with Gasteiger partial charge in [0.1, 0.15) is 17.6 Å². The van der Waals surface area contributed by atoms with Crippen molar-refractivity contribution < 1.29 is 18.7 Å². The normalized spacial score (nSPS) is 11.7. The molecule has 3 rings (SSSR count). The number of hydrogen-bond acceptors (Lipinski definition) is 3. The average molecular weight is 408 g/mol. The molecule has 3 aromatic carbocycles. The standard InChI is InChI=1S/C24H25FN2O3/c1-3-26-24(29)17(2)27(15-18-11-13-20(25)14-12-18)23(28)16-30-22-10-6-8-19-7-4-5-9-21(19)22/h4-14,17H,3,15-16H2,1-2H3,(H,26,29)/t17-/m0/s1. The van der Waals surface area contributed by atoms with E-state index >= 15 is 0 Å². The molecule has 0 aliphatic carbocycles. The number of fused-ring (bicyclic) bond motifs is 1. The van der Waals surface area contributed by atoms with Crippen LogP contribution in [0.25, 0.3) is 10.8 Å². The van der Waals surface area contributed by atoms with Crippen LogP contribution < -0.4 is 10.1 Å². The molecule has 1 atom stereocenters. The lowest BCUT2D eigenvalue weighted by Crippen LogP contribution is -2.49. The van der Waals surface area contributed by atoms with Crippen molar-refractivity contribution in [3.63, 3.8) is 0 Å². The maximum absolute atomic E-state index is 13.2. The van der Waals surface area contributed by atoms with Gasteiger partial charge in [-0.1, -0.05) is 48.5 Å². The van der Waals surface area contributed by atoms with Crippen LogP contribution in [0.5, 0.6) is 5.75 Å². The SMILES string of the molecule is CCNC(=O)[C@H](C)N(Cc1ccc(F)cc1)C(=O)COc1cccc2ccccc12. The van der Waals surface area contributed by atoms with E-state index in [0.29, 0.717) is 12.3 Å². The minimum Gasteiger partial charge on any atom is -0.483 e. The van der Waals surface area contributed by atoms with Crippen molar-refractivity contribution >= 4 is 22.6 Å². The van der Waals surface area contributed by atoms with Gasteiger partial charge in [0.2, 0.25) is 5.91 Å². The lowest BCUT2D eigenvalue weighted by atomic mass is 10.1. The Labute approximate surface area is 175 Å². The zero-order valence-corrected chi connectivity index (χ0v) is 17.1. The molecule has 0 aliphatic heterocycles. The molecule has 0 aromatic heterocycles. The Morgan fingerprint density at radius 2 is 1.73 bits per heavy atom. The Kier molecular flexibility index (Phi) is 7.01. The van der Waals surface area contributed by atoms with E-state index in [9.17, 15) is 14.0 Å². The van der Waals surface area contributed by atoms with E-state index in [2.05, 4.69) is 5.32 Å². The van der Waals surface area contributed by atoms with Crippen LogP contribution in [0.2, 0.25) is 0 Å². The van der Waals surface area contributed by atoms with E-state index in [1.807, 2.05) is 49.4 Å². The fraction of sp³-hybridized carbons (Fsp3) is 0.250. The monoisotopic (exact) mass is 408 g/mol. The molecule has 3 aromatic rings. The van der Waals surface area contributed by atoms with E-state index in [1.165, 1.54) is 17.0 Å². The topological polar surface area (TPSA) is 58.6 Å². The number of likely N-dealkylation sites (N-methyl/N-ethyl adjacent to an activating group) is 1. The number of nitrogens with one attached hydrogen (secondary N) is 1. The third-order valence-corrected chi connectivity index (χ3v) is 4.89. The molecular weight excluding hydrogens is 383 g/mol. The predicted molar refractivity (Wildman–Crippen MR) is 115 cm³/mol. The molecular formula is C24H25FN2O3. The van der Waals surface area contributed by atoms with Crippen LogP contribution in [0.1, 0.15) is 19.4 Å². The highest BCUT2D eigenvalue weighted by Crippen LogP contribution is 2.25. The van der Waals surface area contributed by atoms with Gasteiger partial charge in [0.05, 0.1) is 0 Å². The average Bonchev–Trinajstić information content (AvgIpc) is 2.76. The van der Waals surface area contributed by atoms with Gasteiger partial charge in [-0.2, -0.15) is 0 Å². The number of carbonyl (C=O) groups excluding carboxylic acids is 2. The maximum Gasteiger partial charge on any atom is 0.261 e. The summed E-state index contributed by atoms with van der Waals surface area (Å²) in [5.74, 6) is -0.328. The van der Waals surface area contributed by atoms with Crippen LogP contribution in [-0.2, 0) is 16.1 Å². The Morgan fingerprint density at radius 1 is 1.03 bits per heavy atom. The molecule has 0 saturated carbocycles. The summed E-state index contributed by atoms with van der Waals surface area (Å²) in [6.07, 6.45) is 0. The first-order valence-corrected chi connectivity index (χ1v) is 9.91. The molecule has 156 valence electrons. The first-order valence-electron chi connectivity index (χ1n) is 9.91. The highest BCUT2D eigenvalue weighted by molar-refractivity contribution is 5.90. The van der Waals surface area contributed by atoms with Crippen molar-refractivity contribution in [2.24, 2.45) is 0 Å². The summed E-state index contributed by atoms with van der Waals surface area (Å²) < 4.78 is 19.1. The molecule has 1 N–H and O–H groups in total. The van der Waals surface area contributed by atoms with Gasteiger partial charge in [0.25, 0.3) is 5.91 Å². The number of benzene rings is 3. The third-order valence-electron chi connectivity index (χ3n) is 4.89. The number of nitrogens with zero attached hydrogens (tertiary/aromatic N) is 1. The van der Waals surface area contributed by atoms with E-state index in [-0.39, 0.29) is 30.8 Å². The van der Waals surface area contributed by atoms with Gasteiger partial charge in [-0.15, -0.1) is 0 Å². The molecule has 0 radical (unpaired) electrons. The third kappa shape index (κ3) is 5.14. The molecule has 0 saturated heterocycles. The van der Waals surface area contributed by atoms with Crippen LogP contribution in [0.15, 0.2) is 66.7 Å². The quantitative estimate of drug-likeness (QED) is 0.615. The smallest absolute Gasteiger partial charge is 0.261 e. The van der Waals surface area contributed by atoms with Gasteiger partial charge < -0.3 is 15.0 Å². The van der Waals surface area contributed by atoms with Crippen LogP contribution in [-0.4, -0.2) is 35.9 Å². The highest BCUT2D eigenvalue weighted by atomic mass is 19.1. The number of halogens is 1. The van der Waals surface area contributed by atoms with Gasteiger partial charge in [-0.05, 0) is 43.0 Å². The van der Waals surface area contributed by atoms with E-state index in [4.69, 9.17) is 4.74 Å². The maximum atomic E-state index is 13.2. The predicted octanol–water partition coefficient (Wildman–Crippen LogP) is 3.91. The van der Waals surface area contributed by atoms with Gasteiger partial charge in [-0.25, -0.2) is 4.39 Å². The van der Waals surface area contributed by atoms with Crippen molar-refractivity contribution in [1.82, 2.24) is 10.2 Å². The molecule has 0 heterocycles. The molecule has 0 fully saturated rings. The number of rotatable bonds is 8. The summed E-state index contributed by atoms with van der Waals surface area (Å²) in [6, 6.07) is 18.6. The van der Waals surface area contributed by atoms with Gasteiger partial charge in [-0.3, -0.25) is 9.59 Å². The van der Waals surface area contributed by atoms with Crippen LogP contribution >= 0.6 is 0 Å². The Morgan fingerprint density at radius 3 is 2.47 bits per heavy atom. The first-order chi connectivity index (χ1) is 14.5. The van der Waals surface area contributed by atoms with E-state index in [0.717, 1.165) is 16.3 Å². The second kappa shape index (κ2) is 9.87. The fourth-order valence-electron chi connectivity index (χ4n) is 3.24. The Hall–Kier alpha value is -3.41. The zero-order chi connectivity index (χ0) is 21.5. The summed E-state index contributed by atoms with van der Waals surface area (Å²) in [5, 5.41) is 4.67. The summed E-state index contributed by atoms with van der Waals surface area (Å²) >= 11 is 0. The van der Waals surface area contributed by atoms with Gasteiger partial charge >= 0.3 is 0 Å². The van der Waals surface area contributed by atoms with E-state index in [1.54, 1.807) is 19.1 Å². The minimum atomic E-state index is -0.696. The van der Waals surface area contributed by atoms with Crippen molar-refractivity contribution in [3.8, 4) is 5.75 Å². The van der Waals surface area contributed by atoms with E-state index < -0.39 is 6.04 Å². The number of ether oxygens (including phenoxy) is 1. The Bertz CT molecular complexity index is 1020. The van der Waals surface area contributed by atoms with Gasteiger partial charge in [0.15, 0.2) is 6.61 Å². The number of carbonyl (C=O) groups is 2. The molecule has 0 spiro atoms. The summed E-state index contributed by atoms with van der Waals surface area (Å²) in [5.41, 5.74) is 0.728. The van der Waals surface area contributed by atoms with Crippen molar-refractivity contribution in [1.29, 1.82) is 0 Å². The molecule has 6 heteroatoms. The summed E-state index contributed by atoms with van der Waals surface area (Å²) in [4.78, 5) is 26.8. The highest BCUT2D eigenvalue weighted by Gasteiger charge is 2.26. The molecule has 5 nitrogen and oxygen atoms in total. The molecule has 0 aliphatic rings. The summed E-state index contributed by atoms with van der Waals surface area (Å²) in [7, 11) is 0. The first kappa shape index (κ1) is 21.3. The van der Waals surface area contributed by atoms with Crippen LogP contribution in [0.3, 0.4) is 0 Å². The van der Waals surface area contributed by atoms with Crippen molar-refractivity contribution in [2.45, 2.75) is 26.4 Å². The molecule has 2 amide bonds. The van der Waals surface area contributed by atoms with Gasteiger partial charge in [0, 0.05) is 18.5 Å². The molecule has 0 bridgehead atoms. The van der Waals surface area contributed by atoms with Crippen molar-refractivity contribution in [3.05, 3.63) is 78.1 Å². The summed E-state index contributed by atoms with van der Waals surface area (Å²) in [6.45, 7) is 3.92. The fourth-order valence-corrected chi connectivity index (χ4v) is 3.24. The van der Waals surface area contributed by atoms with Crippen LogP contribution in [0.4, 0.5) is 4.39 Å². The lowest BCUT2D eigenvalue weighted by Gasteiger charge is -2.28. The largest absolute Gasteiger partial charge is 0.483 e. The molecule has 0 unspecified atom stereocenters. The minimum absolute atomic E-state index is 0.177. The zero-order valence-electron chi connectivity index (χ0n) is 17.1.